The summed E-state index contributed by atoms with van der Waals surface area (Å²) < 4.78 is 0. The van der Waals surface area contributed by atoms with Gasteiger partial charge in [0.05, 0.1) is 0 Å². The number of anilines is 1. The Bertz CT molecular complexity index is 305. The Kier molecular flexibility index (Phi) is 2.99. The molecule has 0 bridgehead atoms. The summed E-state index contributed by atoms with van der Waals surface area (Å²) in [5.41, 5.74) is 8.06. The van der Waals surface area contributed by atoms with Crippen molar-refractivity contribution in [1.29, 1.82) is 0 Å². The molecular weight excluding hydrogens is 182 g/mol. The van der Waals surface area contributed by atoms with Crippen LogP contribution in [0.25, 0.3) is 0 Å². The van der Waals surface area contributed by atoms with Crippen molar-refractivity contribution in [1.82, 2.24) is 0 Å². The van der Waals surface area contributed by atoms with Crippen molar-refractivity contribution in [3.63, 3.8) is 0 Å². The van der Waals surface area contributed by atoms with E-state index in [1.165, 1.54) is 24.8 Å². The van der Waals surface area contributed by atoms with Crippen molar-refractivity contribution in [2.45, 2.75) is 39.0 Å². The van der Waals surface area contributed by atoms with Gasteiger partial charge >= 0.3 is 0 Å². The molecule has 2 N–H and O–H groups in total. The van der Waals surface area contributed by atoms with E-state index in [0.29, 0.717) is 0 Å². The number of rotatable bonds is 1. The Balaban J connectivity index is 2.12. The summed E-state index contributed by atoms with van der Waals surface area (Å²) in [5.74, 6) is 2.50. The molecule has 1 fully saturated rings. The predicted octanol–water partition coefficient (Wildman–Crippen LogP) is 3.81. The van der Waals surface area contributed by atoms with Gasteiger partial charge in [-0.15, -0.1) is 0 Å². The summed E-state index contributed by atoms with van der Waals surface area (Å²) in [6, 6.07) is 8.45. The lowest BCUT2D eigenvalue weighted by Gasteiger charge is -2.31. The molecule has 0 saturated heterocycles. The summed E-state index contributed by atoms with van der Waals surface area (Å²) in [7, 11) is 0. The minimum absolute atomic E-state index is 0.754. The molecule has 1 saturated carbocycles. The normalized spacial score (nSPS) is 31.5. The molecule has 0 aliphatic heterocycles. The van der Waals surface area contributed by atoms with E-state index in [0.717, 1.165) is 23.4 Å². The molecule has 82 valence electrons. The third-order valence-corrected chi connectivity index (χ3v) is 3.59. The maximum Gasteiger partial charge on any atom is 0.0314 e. The summed E-state index contributed by atoms with van der Waals surface area (Å²) in [6.07, 6.45) is 4.08. The van der Waals surface area contributed by atoms with Crippen molar-refractivity contribution in [2.24, 2.45) is 11.8 Å². The van der Waals surface area contributed by atoms with Crippen molar-refractivity contribution in [3.8, 4) is 0 Å². The molecule has 15 heavy (non-hydrogen) atoms. The molecular formula is C14H21N. The monoisotopic (exact) mass is 203 g/mol. The summed E-state index contributed by atoms with van der Waals surface area (Å²) in [5, 5.41) is 0. The number of benzene rings is 1. The van der Waals surface area contributed by atoms with Gasteiger partial charge in [-0.2, -0.15) is 0 Å². The van der Waals surface area contributed by atoms with E-state index < -0.39 is 0 Å². The predicted molar refractivity (Wildman–Crippen MR) is 65.8 cm³/mol. The molecule has 2 rings (SSSR count). The van der Waals surface area contributed by atoms with Gasteiger partial charge in [-0.1, -0.05) is 26.0 Å². The van der Waals surface area contributed by atoms with E-state index >= 15 is 0 Å². The van der Waals surface area contributed by atoms with E-state index in [1.807, 2.05) is 12.1 Å². The molecule has 0 heterocycles. The first-order chi connectivity index (χ1) is 7.15. The summed E-state index contributed by atoms with van der Waals surface area (Å²) in [6.45, 7) is 4.75. The van der Waals surface area contributed by atoms with Crippen LogP contribution in [-0.2, 0) is 0 Å². The highest BCUT2D eigenvalue weighted by molar-refractivity contribution is 5.40. The van der Waals surface area contributed by atoms with Crippen LogP contribution in [0.2, 0.25) is 0 Å². The number of nitrogen functional groups attached to an aromatic ring is 1. The highest BCUT2D eigenvalue weighted by Crippen LogP contribution is 2.39. The average molecular weight is 203 g/mol. The van der Waals surface area contributed by atoms with Gasteiger partial charge < -0.3 is 5.73 Å². The number of hydrogen-bond donors (Lipinski definition) is 1. The zero-order valence-electron chi connectivity index (χ0n) is 9.74. The van der Waals surface area contributed by atoms with Crippen LogP contribution in [0.15, 0.2) is 24.3 Å². The van der Waals surface area contributed by atoms with Crippen molar-refractivity contribution < 1.29 is 0 Å². The third kappa shape index (κ3) is 2.53. The molecule has 1 aliphatic rings. The minimum Gasteiger partial charge on any atom is -0.399 e. The number of hydrogen-bond acceptors (Lipinski definition) is 1. The van der Waals surface area contributed by atoms with Gasteiger partial charge in [0.1, 0.15) is 0 Å². The van der Waals surface area contributed by atoms with Crippen LogP contribution in [0.3, 0.4) is 0 Å². The average Bonchev–Trinajstić information content (AvgIpc) is 2.17. The van der Waals surface area contributed by atoms with E-state index in [1.54, 1.807) is 0 Å². The molecule has 2 atom stereocenters. The topological polar surface area (TPSA) is 26.0 Å². The van der Waals surface area contributed by atoms with Crippen LogP contribution in [0.4, 0.5) is 5.69 Å². The standard InChI is InChI=1S/C14H21N/c1-10-7-11(2)9-13(8-10)12-3-5-14(15)6-4-12/h3-6,10-11,13H,7-9,15H2,1-2H3. The highest BCUT2D eigenvalue weighted by Gasteiger charge is 2.24. The van der Waals surface area contributed by atoms with Crippen LogP contribution < -0.4 is 5.73 Å². The Morgan fingerprint density at radius 3 is 2.00 bits per heavy atom. The Labute approximate surface area is 92.7 Å². The van der Waals surface area contributed by atoms with Gasteiger partial charge in [-0.3, -0.25) is 0 Å². The van der Waals surface area contributed by atoms with Gasteiger partial charge in [0.2, 0.25) is 0 Å². The van der Waals surface area contributed by atoms with Crippen molar-refractivity contribution >= 4 is 5.69 Å². The molecule has 0 aromatic heterocycles. The molecule has 0 spiro atoms. The largest absolute Gasteiger partial charge is 0.399 e. The zero-order chi connectivity index (χ0) is 10.8. The molecule has 0 radical (unpaired) electrons. The molecule has 0 amide bonds. The van der Waals surface area contributed by atoms with Gasteiger partial charge in [-0.25, -0.2) is 0 Å². The Hall–Kier alpha value is -0.980. The number of nitrogens with two attached hydrogens (primary N) is 1. The quantitative estimate of drug-likeness (QED) is 0.690. The Morgan fingerprint density at radius 1 is 0.933 bits per heavy atom. The molecule has 1 aromatic carbocycles. The van der Waals surface area contributed by atoms with E-state index in [4.69, 9.17) is 5.73 Å². The van der Waals surface area contributed by atoms with Crippen molar-refractivity contribution in [2.75, 3.05) is 5.73 Å². The van der Waals surface area contributed by atoms with Crippen LogP contribution in [-0.4, -0.2) is 0 Å². The van der Waals surface area contributed by atoms with Crippen molar-refractivity contribution in [3.05, 3.63) is 29.8 Å². The SMILES string of the molecule is CC1CC(C)CC(c2ccc(N)cc2)C1. The van der Waals surface area contributed by atoms with E-state index in [2.05, 4.69) is 26.0 Å². The first kappa shape index (κ1) is 10.5. The van der Waals surface area contributed by atoms with Crippen LogP contribution >= 0.6 is 0 Å². The molecule has 1 heteroatoms. The van der Waals surface area contributed by atoms with Gasteiger partial charge in [0.25, 0.3) is 0 Å². The van der Waals surface area contributed by atoms with Crippen LogP contribution in [0.5, 0.6) is 0 Å². The first-order valence-electron chi connectivity index (χ1n) is 6.00. The van der Waals surface area contributed by atoms with Gasteiger partial charge in [-0.05, 0) is 54.7 Å². The van der Waals surface area contributed by atoms with E-state index in [9.17, 15) is 0 Å². The molecule has 1 nitrogen and oxygen atoms in total. The zero-order valence-corrected chi connectivity index (χ0v) is 9.74. The second-order valence-corrected chi connectivity index (χ2v) is 5.28. The molecule has 2 unspecified atom stereocenters. The smallest absolute Gasteiger partial charge is 0.0314 e. The lowest BCUT2D eigenvalue weighted by atomic mass is 9.74. The molecule has 1 aliphatic carbocycles. The fourth-order valence-electron chi connectivity index (χ4n) is 2.99. The Morgan fingerprint density at radius 2 is 1.47 bits per heavy atom. The highest BCUT2D eigenvalue weighted by atomic mass is 14.5. The second-order valence-electron chi connectivity index (χ2n) is 5.28. The van der Waals surface area contributed by atoms with Gasteiger partial charge in [0, 0.05) is 5.69 Å². The maximum absolute atomic E-state index is 5.71. The lowest BCUT2D eigenvalue weighted by molar-refractivity contribution is 0.268. The summed E-state index contributed by atoms with van der Waals surface area (Å²) in [4.78, 5) is 0. The van der Waals surface area contributed by atoms with Gasteiger partial charge in [0.15, 0.2) is 0 Å². The fourth-order valence-corrected chi connectivity index (χ4v) is 2.99. The van der Waals surface area contributed by atoms with Crippen LogP contribution in [0, 0.1) is 11.8 Å². The van der Waals surface area contributed by atoms with E-state index in [-0.39, 0.29) is 0 Å². The third-order valence-electron chi connectivity index (χ3n) is 3.59. The first-order valence-corrected chi connectivity index (χ1v) is 6.00. The molecule has 1 aromatic rings. The summed E-state index contributed by atoms with van der Waals surface area (Å²) >= 11 is 0. The van der Waals surface area contributed by atoms with Crippen LogP contribution in [0.1, 0.15) is 44.6 Å². The fraction of sp³-hybridized carbons (Fsp3) is 0.571. The second kappa shape index (κ2) is 4.26. The minimum atomic E-state index is 0.754. The maximum atomic E-state index is 5.71. The lowest BCUT2D eigenvalue weighted by Crippen LogP contribution is -2.18.